The lowest BCUT2D eigenvalue weighted by Crippen LogP contribution is -2.26. The minimum absolute atomic E-state index is 0.200. The number of aromatic nitrogens is 2. The summed E-state index contributed by atoms with van der Waals surface area (Å²) < 4.78 is 11.3. The van der Waals surface area contributed by atoms with Crippen molar-refractivity contribution in [2.45, 2.75) is 25.9 Å². The van der Waals surface area contributed by atoms with Gasteiger partial charge in [0, 0.05) is 24.7 Å². The molecule has 0 spiro atoms. The van der Waals surface area contributed by atoms with E-state index < -0.39 is 0 Å². The number of hydrogen-bond donors (Lipinski definition) is 3. The van der Waals surface area contributed by atoms with E-state index in [0.717, 1.165) is 37.4 Å². The smallest absolute Gasteiger partial charge is 0.323 e. The first-order valence-corrected chi connectivity index (χ1v) is 7.62. The Morgan fingerprint density at radius 3 is 2.78 bits per heavy atom. The average molecular weight is 316 g/mol. The predicted molar refractivity (Wildman–Crippen MR) is 86.9 cm³/mol. The molecule has 2 amide bonds. The summed E-state index contributed by atoms with van der Waals surface area (Å²) in [5.41, 5.74) is 2.30. The first-order valence-electron chi connectivity index (χ1n) is 7.62. The number of nitrogens with zero attached hydrogens (tertiary/aromatic N) is 1. The van der Waals surface area contributed by atoms with Crippen LogP contribution < -0.4 is 15.4 Å². The molecule has 1 fully saturated rings. The maximum absolute atomic E-state index is 11.9. The highest BCUT2D eigenvalue weighted by Gasteiger charge is 2.16. The van der Waals surface area contributed by atoms with E-state index in [0.29, 0.717) is 11.4 Å². The van der Waals surface area contributed by atoms with Crippen molar-refractivity contribution in [3.8, 4) is 5.75 Å². The van der Waals surface area contributed by atoms with E-state index in [1.165, 1.54) is 6.20 Å². The molecule has 7 nitrogen and oxygen atoms in total. The third-order valence-corrected chi connectivity index (χ3v) is 3.65. The normalized spacial score (nSPS) is 15.2. The molecular formula is C16H20N4O3. The summed E-state index contributed by atoms with van der Waals surface area (Å²) in [5, 5.41) is 11.9. The maximum atomic E-state index is 11.9. The van der Waals surface area contributed by atoms with Gasteiger partial charge in [-0.25, -0.2) is 4.79 Å². The Balaban J connectivity index is 1.58. The minimum Gasteiger partial charge on any atom is -0.490 e. The van der Waals surface area contributed by atoms with Gasteiger partial charge < -0.3 is 20.1 Å². The molecule has 0 atom stereocenters. The Labute approximate surface area is 134 Å². The number of amides is 2. The summed E-state index contributed by atoms with van der Waals surface area (Å²) in [6.07, 6.45) is 5.16. The molecule has 3 rings (SSSR count). The third kappa shape index (κ3) is 4.23. The zero-order chi connectivity index (χ0) is 16.1. The van der Waals surface area contributed by atoms with Crippen LogP contribution in [0.5, 0.6) is 5.75 Å². The number of urea groups is 1. The zero-order valence-electron chi connectivity index (χ0n) is 13.0. The number of aryl methyl sites for hydroxylation is 1. The van der Waals surface area contributed by atoms with E-state index in [-0.39, 0.29) is 12.1 Å². The number of nitrogens with one attached hydrogen (secondary N) is 3. The van der Waals surface area contributed by atoms with Crippen LogP contribution in [0.4, 0.5) is 16.2 Å². The number of carbonyl (C=O) groups excluding carboxylic acids is 1. The van der Waals surface area contributed by atoms with Crippen LogP contribution in [0.3, 0.4) is 0 Å². The van der Waals surface area contributed by atoms with E-state index in [2.05, 4.69) is 20.8 Å². The molecule has 3 N–H and O–H groups in total. The number of carbonyl (C=O) groups is 1. The van der Waals surface area contributed by atoms with Gasteiger partial charge >= 0.3 is 6.03 Å². The number of H-pyrrole nitrogens is 1. The highest BCUT2D eigenvalue weighted by atomic mass is 16.5. The van der Waals surface area contributed by atoms with Crippen LogP contribution in [0.15, 0.2) is 30.6 Å². The highest BCUT2D eigenvalue weighted by molar-refractivity contribution is 5.99. The lowest BCUT2D eigenvalue weighted by molar-refractivity contribution is 0.0253. The lowest BCUT2D eigenvalue weighted by atomic mass is 10.1. The van der Waals surface area contributed by atoms with Crippen molar-refractivity contribution < 1.29 is 14.3 Å². The standard InChI is InChI=1S/C16H20N4O3/c1-11-8-12(19-16(21)20-13-9-17-18-10-13)2-3-15(11)23-14-4-6-22-7-5-14/h2-3,8-10,14H,4-7H2,1H3,(H,17,18)(H2,19,20,21). The van der Waals surface area contributed by atoms with Crippen LogP contribution in [0, 0.1) is 6.92 Å². The monoisotopic (exact) mass is 316 g/mol. The topological polar surface area (TPSA) is 88.3 Å². The Hall–Kier alpha value is -2.54. The van der Waals surface area contributed by atoms with E-state index in [9.17, 15) is 4.79 Å². The molecule has 7 heteroatoms. The fraction of sp³-hybridized carbons (Fsp3) is 0.375. The maximum Gasteiger partial charge on any atom is 0.323 e. The van der Waals surface area contributed by atoms with E-state index in [1.807, 2.05) is 25.1 Å². The molecule has 0 saturated carbocycles. The highest BCUT2D eigenvalue weighted by Crippen LogP contribution is 2.25. The number of anilines is 2. The average Bonchev–Trinajstić information content (AvgIpc) is 3.04. The van der Waals surface area contributed by atoms with Crippen LogP contribution >= 0.6 is 0 Å². The van der Waals surface area contributed by atoms with Crippen LogP contribution in [-0.2, 0) is 4.74 Å². The van der Waals surface area contributed by atoms with Gasteiger partial charge in [0.05, 0.1) is 25.1 Å². The van der Waals surface area contributed by atoms with Gasteiger partial charge in [-0.1, -0.05) is 0 Å². The number of benzene rings is 1. The molecule has 23 heavy (non-hydrogen) atoms. The quantitative estimate of drug-likeness (QED) is 0.809. The first kappa shape index (κ1) is 15.4. The molecule has 122 valence electrons. The van der Waals surface area contributed by atoms with Gasteiger partial charge in [-0.15, -0.1) is 0 Å². The van der Waals surface area contributed by atoms with Crippen molar-refractivity contribution in [2.24, 2.45) is 0 Å². The fourth-order valence-corrected chi connectivity index (χ4v) is 2.45. The van der Waals surface area contributed by atoms with Crippen molar-refractivity contribution in [3.63, 3.8) is 0 Å². The molecule has 2 heterocycles. The van der Waals surface area contributed by atoms with Gasteiger partial charge in [-0.3, -0.25) is 5.10 Å². The largest absolute Gasteiger partial charge is 0.490 e. The first-order chi connectivity index (χ1) is 11.2. The van der Waals surface area contributed by atoms with E-state index in [4.69, 9.17) is 9.47 Å². The van der Waals surface area contributed by atoms with Crippen LogP contribution in [0.1, 0.15) is 18.4 Å². The number of ether oxygens (including phenoxy) is 2. The number of aromatic amines is 1. The number of rotatable bonds is 4. The fourth-order valence-electron chi connectivity index (χ4n) is 2.45. The molecule has 0 unspecified atom stereocenters. The summed E-state index contributed by atoms with van der Waals surface area (Å²) in [6, 6.07) is 5.29. The van der Waals surface area contributed by atoms with Gasteiger partial charge in [-0.05, 0) is 30.7 Å². The van der Waals surface area contributed by atoms with Crippen molar-refractivity contribution in [2.75, 3.05) is 23.8 Å². The van der Waals surface area contributed by atoms with Gasteiger partial charge in [-0.2, -0.15) is 5.10 Å². The molecule has 1 saturated heterocycles. The second kappa shape index (κ2) is 7.15. The molecule has 1 aliphatic rings. The summed E-state index contributed by atoms with van der Waals surface area (Å²) in [6.45, 7) is 3.46. The Morgan fingerprint density at radius 1 is 1.30 bits per heavy atom. The van der Waals surface area contributed by atoms with E-state index >= 15 is 0 Å². The Bertz CT molecular complexity index is 651. The summed E-state index contributed by atoms with van der Waals surface area (Å²) in [4.78, 5) is 11.9. The molecule has 1 aliphatic heterocycles. The third-order valence-electron chi connectivity index (χ3n) is 3.65. The molecule has 0 bridgehead atoms. The van der Waals surface area contributed by atoms with Crippen molar-refractivity contribution >= 4 is 17.4 Å². The lowest BCUT2D eigenvalue weighted by Gasteiger charge is -2.24. The van der Waals surface area contributed by atoms with E-state index in [1.54, 1.807) is 6.20 Å². The second-order valence-corrected chi connectivity index (χ2v) is 5.48. The summed E-state index contributed by atoms with van der Waals surface area (Å²) >= 11 is 0. The van der Waals surface area contributed by atoms with Crippen molar-refractivity contribution in [3.05, 3.63) is 36.2 Å². The van der Waals surface area contributed by atoms with Gasteiger partial charge in [0.2, 0.25) is 0 Å². The zero-order valence-corrected chi connectivity index (χ0v) is 13.0. The molecule has 0 radical (unpaired) electrons. The van der Waals surface area contributed by atoms with Gasteiger partial charge in [0.25, 0.3) is 0 Å². The molecule has 2 aromatic rings. The van der Waals surface area contributed by atoms with Crippen molar-refractivity contribution in [1.29, 1.82) is 0 Å². The Kier molecular flexibility index (Phi) is 4.77. The molecule has 0 aliphatic carbocycles. The van der Waals surface area contributed by atoms with Crippen LogP contribution in [-0.4, -0.2) is 35.5 Å². The summed E-state index contributed by atoms with van der Waals surface area (Å²) in [7, 11) is 0. The molecule has 1 aromatic carbocycles. The minimum atomic E-state index is -0.316. The molecule has 1 aromatic heterocycles. The van der Waals surface area contributed by atoms with Gasteiger partial charge in [0.15, 0.2) is 0 Å². The van der Waals surface area contributed by atoms with Crippen molar-refractivity contribution in [1.82, 2.24) is 10.2 Å². The Morgan fingerprint density at radius 2 is 2.09 bits per heavy atom. The SMILES string of the molecule is Cc1cc(NC(=O)Nc2cn[nH]c2)ccc1OC1CCOCC1. The molecular weight excluding hydrogens is 296 g/mol. The second-order valence-electron chi connectivity index (χ2n) is 5.48. The van der Waals surface area contributed by atoms with Crippen LogP contribution in [0.25, 0.3) is 0 Å². The number of hydrogen-bond acceptors (Lipinski definition) is 4. The van der Waals surface area contributed by atoms with Crippen LogP contribution in [0.2, 0.25) is 0 Å². The summed E-state index contributed by atoms with van der Waals surface area (Å²) in [5.74, 6) is 0.845. The predicted octanol–water partition coefficient (Wildman–Crippen LogP) is 2.92. The van der Waals surface area contributed by atoms with Gasteiger partial charge in [0.1, 0.15) is 11.9 Å².